The van der Waals surface area contributed by atoms with E-state index >= 15 is 0 Å². The minimum Gasteiger partial charge on any atom is -0.352 e. The van der Waals surface area contributed by atoms with Crippen molar-refractivity contribution in [3.05, 3.63) is 0 Å². The molecule has 1 aliphatic rings. The fraction of sp³-hybridized carbons (Fsp3) is 0.833. The molecule has 6 heteroatoms. The van der Waals surface area contributed by atoms with Gasteiger partial charge in [-0.2, -0.15) is 24.4 Å². The van der Waals surface area contributed by atoms with Gasteiger partial charge in [0, 0.05) is 24.0 Å². The Balaban J connectivity index is 2.37. The second kappa shape index (κ2) is 7.94. The van der Waals surface area contributed by atoms with Crippen molar-refractivity contribution >= 4 is 36.2 Å². The van der Waals surface area contributed by atoms with E-state index in [1.807, 2.05) is 11.8 Å². The minimum atomic E-state index is -0.524. The predicted molar refractivity (Wildman–Crippen MR) is 79.2 cm³/mol. The van der Waals surface area contributed by atoms with Crippen LogP contribution in [-0.4, -0.2) is 41.2 Å². The van der Waals surface area contributed by atoms with Gasteiger partial charge in [0.15, 0.2) is 0 Å². The largest absolute Gasteiger partial charge is 0.352 e. The van der Waals surface area contributed by atoms with E-state index < -0.39 is 6.04 Å². The number of nitrogens with one attached hydrogen (secondary N) is 2. The first-order valence-electron chi connectivity index (χ1n) is 6.28. The monoisotopic (exact) mass is 290 g/mol. The van der Waals surface area contributed by atoms with Gasteiger partial charge in [0.2, 0.25) is 11.8 Å². The van der Waals surface area contributed by atoms with E-state index in [2.05, 4.69) is 29.5 Å². The first-order chi connectivity index (χ1) is 8.56. The van der Waals surface area contributed by atoms with Gasteiger partial charge in [-0.05, 0) is 31.9 Å². The Morgan fingerprint density at radius 1 is 1.33 bits per heavy atom. The zero-order valence-corrected chi connectivity index (χ0v) is 12.7. The third kappa shape index (κ3) is 5.10. The Hall–Kier alpha value is -0.360. The third-order valence-electron chi connectivity index (χ3n) is 3.23. The summed E-state index contributed by atoms with van der Waals surface area (Å²) < 4.78 is 0. The highest BCUT2D eigenvalue weighted by Gasteiger charge is 2.25. The highest BCUT2D eigenvalue weighted by Crippen LogP contribution is 2.26. The Morgan fingerprint density at radius 3 is 2.39 bits per heavy atom. The van der Waals surface area contributed by atoms with Crippen molar-refractivity contribution in [1.82, 2.24) is 10.6 Å². The fourth-order valence-electron chi connectivity index (χ4n) is 2.18. The molecule has 1 rings (SSSR count). The second-order valence-corrected chi connectivity index (χ2v) is 6.16. The smallest absolute Gasteiger partial charge is 0.243 e. The topological polar surface area (TPSA) is 58.2 Å². The van der Waals surface area contributed by atoms with E-state index in [9.17, 15) is 9.59 Å². The molecule has 4 nitrogen and oxygen atoms in total. The molecule has 0 heterocycles. The molecular weight excluding hydrogens is 268 g/mol. The average Bonchev–Trinajstić information content (AvgIpc) is 2.36. The molecule has 0 radical (unpaired) electrons. The van der Waals surface area contributed by atoms with Crippen LogP contribution >= 0.6 is 24.4 Å². The van der Waals surface area contributed by atoms with E-state index in [1.165, 1.54) is 6.92 Å². The Bertz CT molecular complexity index is 292. The number of hydrogen-bond acceptors (Lipinski definition) is 4. The quantitative estimate of drug-likeness (QED) is 0.667. The molecule has 2 amide bonds. The first-order valence-corrected chi connectivity index (χ1v) is 8.20. The summed E-state index contributed by atoms with van der Waals surface area (Å²) in [5.41, 5.74) is 0. The zero-order valence-electron chi connectivity index (χ0n) is 10.9. The summed E-state index contributed by atoms with van der Waals surface area (Å²) in [5.74, 6) is 0.00839. The van der Waals surface area contributed by atoms with E-state index in [0.29, 0.717) is 5.75 Å². The van der Waals surface area contributed by atoms with Gasteiger partial charge in [-0.1, -0.05) is 0 Å². The summed E-state index contributed by atoms with van der Waals surface area (Å²) in [7, 11) is 0. The number of amides is 2. The van der Waals surface area contributed by atoms with Crippen molar-refractivity contribution < 1.29 is 9.59 Å². The van der Waals surface area contributed by atoms with E-state index in [1.54, 1.807) is 0 Å². The van der Waals surface area contributed by atoms with Crippen molar-refractivity contribution in [1.29, 1.82) is 0 Å². The number of rotatable bonds is 5. The molecule has 0 aromatic rings. The van der Waals surface area contributed by atoms with Gasteiger partial charge < -0.3 is 10.6 Å². The lowest BCUT2D eigenvalue weighted by Crippen LogP contribution is -2.50. The molecule has 0 spiro atoms. The maximum atomic E-state index is 11.9. The van der Waals surface area contributed by atoms with Gasteiger partial charge in [-0.25, -0.2) is 0 Å². The van der Waals surface area contributed by atoms with Gasteiger partial charge in [0.25, 0.3) is 0 Å². The molecule has 1 aliphatic carbocycles. The molecule has 104 valence electrons. The van der Waals surface area contributed by atoms with Crippen LogP contribution in [0, 0.1) is 0 Å². The van der Waals surface area contributed by atoms with Crippen LogP contribution in [-0.2, 0) is 9.59 Å². The van der Waals surface area contributed by atoms with Gasteiger partial charge in [0.1, 0.15) is 6.04 Å². The van der Waals surface area contributed by atoms with Crippen molar-refractivity contribution in [2.75, 3.05) is 12.0 Å². The molecule has 0 aliphatic heterocycles. The van der Waals surface area contributed by atoms with Gasteiger partial charge >= 0.3 is 0 Å². The Labute approximate surface area is 118 Å². The Morgan fingerprint density at radius 2 is 1.94 bits per heavy atom. The zero-order chi connectivity index (χ0) is 13.5. The van der Waals surface area contributed by atoms with E-state index in [-0.39, 0.29) is 17.9 Å². The number of hydrogen-bond donors (Lipinski definition) is 3. The molecule has 0 aromatic carbocycles. The second-order valence-electron chi connectivity index (χ2n) is 4.65. The van der Waals surface area contributed by atoms with Crippen molar-refractivity contribution in [3.8, 4) is 0 Å². The van der Waals surface area contributed by atoms with E-state index in [0.717, 1.165) is 30.9 Å². The normalized spacial score (nSPS) is 25.3. The minimum absolute atomic E-state index is 0.118. The van der Waals surface area contributed by atoms with Crippen LogP contribution in [0.4, 0.5) is 0 Å². The third-order valence-corrected chi connectivity index (χ3v) is 4.73. The van der Waals surface area contributed by atoms with Gasteiger partial charge in [0.05, 0.1) is 0 Å². The van der Waals surface area contributed by atoms with Gasteiger partial charge in [-0.3, -0.25) is 9.59 Å². The maximum absolute atomic E-state index is 11.9. The van der Waals surface area contributed by atoms with Crippen LogP contribution in [0.5, 0.6) is 0 Å². The molecule has 0 bridgehead atoms. The SMILES string of the molecule is CSC1CCC(NC(=O)C(CS)NC(C)=O)CC1. The maximum Gasteiger partial charge on any atom is 0.243 e. The summed E-state index contributed by atoms with van der Waals surface area (Å²) in [5, 5.41) is 6.35. The van der Waals surface area contributed by atoms with E-state index in [4.69, 9.17) is 0 Å². The van der Waals surface area contributed by atoms with Crippen LogP contribution in [0.25, 0.3) is 0 Å². The number of carbonyl (C=O) groups excluding carboxylic acids is 2. The molecule has 2 N–H and O–H groups in total. The number of thioether (sulfide) groups is 1. The van der Waals surface area contributed by atoms with Crippen LogP contribution in [0.2, 0.25) is 0 Å². The van der Waals surface area contributed by atoms with Crippen LogP contribution in [0.3, 0.4) is 0 Å². The lowest BCUT2D eigenvalue weighted by atomic mass is 9.95. The number of thiol groups is 1. The lowest BCUT2D eigenvalue weighted by Gasteiger charge is -2.29. The summed E-state index contributed by atoms with van der Waals surface area (Å²) in [6.07, 6.45) is 6.49. The predicted octanol–water partition coefficient (Wildman–Crippen LogP) is 1.21. The summed E-state index contributed by atoms with van der Waals surface area (Å²) in [6, 6.07) is -0.277. The number of carbonyl (C=O) groups is 2. The van der Waals surface area contributed by atoms with Gasteiger partial charge in [-0.15, -0.1) is 0 Å². The molecule has 18 heavy (non-hydrogen) atoms. The molecular formula is C12H22N2O2S2. The van der Waals surface area contributed by atoms with Crippen LogP contribution in [0.1, 0.15) is 32.6 Å². The molecule has 1 saturated carbocycles. The highest BCUT2D eigenvalue weighted by atomic mass is 32.2. The van der Waals surface area contributed by atoms with Crippen molar-refractivity contribution in [3.63, 3.8) is 0 Å². The Kier molecular flexibility index (Phi) is 6.92. The summed E-state index contributed by atoms with van der Waals surface area (Å²) >= 11 is 6.00. The lowest BCUT2D eigenvalue weighted by molar-refractivity contribution is -0.128. The standard InChI is InChI=1S/C12H22N2O2S2/c1-8(15)13-11(7-17)12(16)14-9-3-5-10(18-2)6-4-9/h9-11,17H,3-7H2,1-2H3,(H,13,15)(H,14,16). The van der Waals surface area contributed by atoms with Crippen LogP contribution < -0.4 is 10.6 Å². The summed E-state index contributed by atoms with van der Waals surface area (Å²) in [4.78, 5) is 22.9. The molecule has 0 aromatic heterocycles. The summed E-state index contributed by atoms with van der Waals surface area (Å²) in [6.45, 7) is 1.41. The molecule has 0 saturated heterocycles. The molecule has 1 unspecified atom stereocenters. The highest BCUT2D eigenvalue weighted by molar-refractivity contribution is 7.99. The van der Waals surface area contributed by atoms with Crippen LogP contribution in [0.15, 0.2) is 0 Å². The molecule has 1 atom stereocenters. The first kappa shape index (κ1) is 15.7. The van der Waals surface area contributed by atoms with Crippen molar-refractivity contribution in [2.45, 2.75) is 49.9 Å². The van der Waals surface area contributed by atoms with Crippen molar-refractivity contribution in [2.24, 2.45) is 0 Å². The molecule has 1 fully saturated rings. The average molecular weight is 290 g/mol. The fourth-order valence-corrected chi connectivity index (χ4v) is 3.18.